The summed E-state index contributed by atoms with van der Waals surface area (Å²) in [5.41, 5.74) is 1.26. The van der Waals surface area contributed by atoms with E-state index in [1.54, 1.807) is 0 Å². The van der Waals surface area contributed by atoms with E-state index in [0.717, 1.165) is 12.8 Å². The van der Waals surface area contributed by atoms with Crippen LogP contribution in [0.4, 0.5) is 0 Å². The van der Waals surface area contributed by atoms with E-state index in [1.165, 1.54) is 5.56 Å². The van der Waals surface area contributed by atoms with Crippen LogP contribution in [0.2, 0.25) is 6.32 Å². The molecule has 0 amide bonds. The molecule has 2 N–H and O–H groups in total. The molecule has 14 heavy (non-hydrogen) atoms. The molecular formula is C11H17BO2. The van der Waals surface area contributed by atoms with Crippen molar-refractivity contribution in [2.24, 2.45) is 5.92 Å². The highest BCUT2D eigenvalue weighted by atomic mass is 16.4. The summed E-state index contributed by atoms with van der Waals surface area (Å²) >= 11 is 0. The Kier molecular flexibility index (Phi) is 4.70. The zero-order valence-electron chi connectivity index (χ0n) is 8.56. The lowest BCUT2D eigenvalue weighted by Gasteiger charge is -2.13. The summed E-state index contributed by atoms with van der Waals surface area (Å²) in [5.74, 6) is 0.359. The zero-order chi connectivity index (χ0) is 10.4. The quantitative estimate of drug-likeness (QED) is 0.697. The summed E-state index contributed by atoms with van der Waals surface area (Å²) in [6.07, 6.45) is 2.37. The van der Waals surface area contributed by atoms with Gasteiger partial charge < -0.3 is 10.0 Å². The lowest BCUT2D eigenvalue weighted by molar-refractivity contribution is 0.382. The molecule has 0 aliphatic heterocycles. The van der Waals surface area contributed by atoms with Crippen molar-refractivity contribution in [1.29, 1.82) is 0 Å². The molecule has 0 bridgehead atoms. The van der Waals surface area contributed by atoms with E-state index < -0.39 is 7.12 Å². The lowest BCUT2D eigenvalue weighted by atomic mass is 9.75. The first-order valence-electron chi connectivity index (χ1n) is 5.12. The second-order valence-electron chi connectivity index (χ2n) is 3.68. The number of benzene rings is 1. The van der Waals surface area contributed by atoms with Gasteiger partial charge in [-0.1, -0.05) is 43.7 Å². The van der Waals surface area contributed by atoms with Crippen molar-refractivity contribution in [2.45, 2.75) is 26.1 Å². The van der Waals surface area contributed by atoms with E-state index >= 15 is 0 Å². The molecule has 0 heterocycles. The van der Waals surface area contributed by atoms with Crippen LogP contribution in [-0.2, 0) is 6.42 Å². The third-order valence-corrected chi connectivity index (χ3v) is 2.49. The Morgan fingerprint density at radius 1 is 1.21 bits per heavy atom. The Morgan fingerprint density at radius 3 is 2.36 bits per heavy atom. The second kappa shape index (κ2) is 5.84. The summed E-state index contributed by atoms with van der Waals surface area (Å²) in [6, 6.07) is 10.2. The fraction of sp³-hybridized carbons (Fsp3) is 0.455. The minimum Gasteiger partial charge on any atom is -0.427 e. The third-order valence-electron chi connectivity index (χ3n) is 2.49. The Bertz CT molecular complexity index is 249. The van der Waals surface area contributed by atoms with Crippen molar-refractivity contribution in [1.82, 2.24) is 0 Å². The summed E-state index contributed by atoms with van der Waals surface area (Å²) in [7, 11) is -1.18. The molecule has 1 aromatic carbocycles. The van der Waals surface area contributed by atoms with E-state index in [2.05, 4.69) is 19.1 Å². The molecule has 0 spiro atoms. The molecule has 0 fully saturated rings. The van der Waals surface area contributed by atoms with E-state index in [4.69, 9.17) is 10.0 Å². The minimum absolute atomic E-state index is 0.359. The standard InChI is InChI=1S/C11H17BO2/c1-2-10(9-12(13)14)8-11-6-4-3-5-7-11/h3-7,10,13-14H,2,8-9H2,1H3. The molecule has 76 valence electrons. The molecular weight excluding hydrogens is 175 g/mol. The van der Waals surface area contributed by atoms with Crippen LogP contribution >= 0.6 is 0 Å². The first-order valence-corrected chi connectivity index (χ1v) is 5.12. The first-order chi connectivity index (χ1) is 6.72. The number of rotatable bonds is 5. The van der Waals surface area contributed by atoms with Crippen molar-refractivity contribution < 1.29 is 10.0 Å². The Morgan fingerprint density at radius 2 is 1.86 bits per heavy atom. The predicted octanol–water partition coefficient (Wildman–Crippen LogP) is 1.73. The third kappa shape index (κ3) is 3.94. The Labute approximate surface area is 85.7 Å². The summed E-state index contributed by atoms with van der Waals surface area (Å²) in [6.45, 7) is 2.08. The van der Waals surface area contributed by atoms with Crippen LogP contribution in [0.3, 0.4) is 0 Å². The maximum absolute atomic E-state index is 8.89. The molecule has 1 rings (SSSR count). The van der Waals surface area contributed by atoms with Gasteiger partial charge in [-0.15, -0.1) is 0 Å². The van der Waals surface area contributed by atoms with Crippen LogP contribution in [0.25, 0.3) is 0 Å². The van der Waals surface area contributed by atoms with Gasteiger partial charge in [-0.05, 0) is 24.2 Å². The van der Waals surface area contributed by atoms with Gasteiger partial charge in [-0.25, -0.2) is 0 Å². The molecule has 3 heteroatoms. The topological polar surface area (TPSA) is 40.5 Å². The van der Waals surface area contributed by atoms with Crippen LogP contribution < -0.4 is 0 Å². The summed E-state index contributed by atoms with van der Waals surface area (Å²) in [4.78, 5) is 0. The fourth-order valence-corrected chi connectivity index (χ4v) is 1.64. The maximum Gasteiger partial charge on any atom is 0.451 e. The zero-order valence-corrected chi connectivity index (χ0v) is 8.56. The van der Waals surface area contributed by atoms with Gasteiger partial charge in [0.25, 0.3) is 0 Å². The highest BCUT2D eigenvalue weighted by Crippen LogP contribution is 2.16. The Hall–Kier alpha value is -0.795. The summed E-state index contributed by atoms with van der Waals surface area (Å²) < 4.78 is 0. The van der Waals surface area contributed by atoms with Crippen LogP contribution in [0.15, 0.2) is 30.3 Å². The van der Waals surface area contributed by atoms with Gasteiger partial charge in [0.15, 0.2) is 0 Å². The summed E-state index contributed by atoms with van der Waals surface area (Å²) in [5, 5.41) is 17.8. The van der Waals surface area contributed by atoms with Crippen LogP contribution in [0.5, 0.6) is 0 Å². The van der Waals surface area contributed by atoms with Crippen molar-refractivity contribution in [3.05, 3.63) is 35.9 Å². The normalized spacial score (nSPS) is 12.5. The molecule has 0 aliphatic carbocycles. The lowest BCUT2D eigenvalue weighted by Crippen LogP contribution is -2.17. The van der Waals surface area contributed by atoms with Gasteiger partial charge >= 0.3 is 7.12 Å². The molecule has 0 aromatic heterocycles. The average Bonchev–Trinajstić information content (AvgIpc) is 2.17. The van der Waals surface area contributed by atoms with E-state index in [0.29, 0.717) is 12.2 Å². The highest BCUT2D eigenvalue weighted by molar-refractivity contribution is 6.41. The second-order valence-corrected chi connectivity index (χ2v) is 3.68. The van der Waals surface area contributed by atoms with E-state index in [9.17, 15) is 0 Å². The van der Waals surface area contributed by atoms with Crippen molar-refractivity contribution >= 4 is 7.12 Å². The number of hydrogen-bond acceptors (Lipinski definition) is 2. The van der Waals surface area contributed by atoms with Gasteiger partial charge in [0.05, 0.1) is 0 Å². The molecule has 0 saturated heterocycles. The molecule has 0 radical (unpaired) electrons. The van der Waals surface area contributed by atoms with Crippen molar-refractivity contribution in [3.8, 4) is 0 Å². The Balaban J connectivity index is 2.48. The van der Waals surface area contributed by atoms with Crippen LogP contribution in [0.1, 0.15) is 18.9 Å². The highest BCUT2D eigenvalue weighted by Gasteiger charge is 2.15. The van der Waals surface area contributed by atoms with Gasteiger partial charge in [0, 0.05) is 0 Å². The molecule has 1 aromatic rings. The molecule has 0 aliphatic rings. The van der Waals surface area contributed by atoms with Gasteiger partial charge in [0.1, 0.15) is 0 Å². The van der Waals surface area contributed by atoms with Gasteiger partial charge in [0.2, 0.25) is 0 Å². The smallest absolute Gasteiger partial charge is 0.427 e. The van der Waals surface area contributed by atoms with Crippen molar-refractivity contribution in [2.75, 3.05) is 0 Å². The van der Waals surface area contributed by atoms with Crippen LogP contribution in [0, 0.1) is 5.92 Å². The maximum atomic E-state index is 8.89. The predicted molar refractivity (Wildman–Crippen MR) is 58.9 cm³/mol. The first kappa shape index (κ1) is 11.3. The fourth-order valence-electron chi connectivity index (χ4n) is 1.64. The van der Waals surface area contributed by atoms with Gasteiger partial charge in [-0.3, -0.25) is 0 Å². The average molecular weight is 192 g/mol. The van der Waals surface area contributed by atoms with Gasteiger partial charge in [-0.2, -0.15) is 0 Å². The SMILES string of the molecule is CCC(CB(O)O)Cc1ccccc1. The van der Waals surface area contributed by atoms with Crippen LogP contribution in [-0.4, -0.2) is 17.2 Å². The monoisotopic (exact) mass is 192 g/mol. The molecule has 2 nitrogen and oxygen atoms in total. The number of hydrogen-bond donors (Lipinski definition) is 2. The molecule has 0 saturated carbocycles. The molecule has 1 unspecified atom stereocenters. The van der Waals surface area contributed by atoms with E-state index in [-0.39, 0.29) is 0 Å². The molecule has 1 atom stereocenters. The van der Waals surface area contributed by atoms with E-state index in [1.807, 2.05) is 18.2 Å². The minimum atomic E-state index is -1.18. The largest absolute Gasteiger partial charge is 0.451 e. The van der Waals surface area contributed by atoms with Crippen molar-refractivity contribution in [3.63, 3.8) is 0 Å².